The number of halogens is 2. The lowest BCUT2D eigenvalue weighted by Gasteiger charge is -2.23. The molecular formula is C13H18BrClN2O3S. The normalized spacial score (nSPS) is 19.5. The summed E-state index contributed by atoms with van der Waals surface area (Å²) < 4.78 is 32.9. The molecule has 1 atom stereocenters. The zero-order valence-electron chi connectivity index (χ0n) is 11.7. The molecule has 21 heavy (non-hydrogen) atoms. The highest BCUT2D eigenvalue weighted by Crippen LogP contribution is 2.33. The number of nitrogens with one attached hydrogen (secondary N) is 2. The molecule has 0 saturated carbocycles. The Balaban J connectivity index is 2.13. The molecule has 1 unspecified atom stereocenters. The van der Waals surface area contributed by atoms with Crippen molar-refractivity contribution in [2.75, 3.05) is 26.7 Å². The second kappa shape index (κ2) is 7.28. The van der Waals surface area contributed by atoms with Gasteiger partial charge in [-0.25, -0.2) is 13.1 Å². The molecular weight excluding hydrogens is 380 g/mol. The van der Waals surface area contributed by atoms with Gasteiger partial charge in [0.1, 0.15) is 5.75 Å². The first-order chi connectivity index (χ1) is 9.94. The molecule has 1 aromatic rings. The minimum absolute atomic E-state index is 0.122. The lowest BCUT2D eigenvalue weighted by atomic mass is 10.0. The molecule has 0 aliphatic carbocycles. The first-order valence-corrected chi connectivity index (χ1v) is 9.33. The number of ether oxygens (including phenoxy) is 1. The molecule has 1 aliphatic heterocycles. The second-order valence-electron chi connectivity index (χ2n) is 4.98. The van der Waals surface area contributed by atoms with E-state index in [1.807, 2.05) is 0 Å². The highest BCUT2D eigenvalue weighted by atomic mass is 79.9. The van der Waals surface area contributed by atoms with Gasteiger partial charge in [-0.05, 0) is 59.9 Å². The lowest BCUT2D eigenvalue weighted by Crippen LogP contribution is -2.38. The van der Waals surface area contributed by atoms with Gasteiger partial charge in [-0.3, -0.25) is 0 Å². The third-order valence-corrected chi connectivity index (χ3v) is 6.13. The summed E-state index contributed by atoms with van der Waals surface area (Å²) in [7, 11) is -2.12. The zero-order valence-corrected chi connectivity index (χ0v) is 14.8. The predicted molar refractivity (Wildman–Crippen MR) is 86.5 cm³/mol. The first kappa shape index (κ1) is 17.0. The van der Waals surface area contributed by atoms with Gasteiger partial charge in [0, 0.05) is 11.0 Å². The van der Waals surface area contributed by atoms with E-state index >= 15 is 0 Å². The van der Waals surface area contributed by atoms with Gasteiger partial charge in [-0.2, -0.15) is 0 Å². The Morgan fingerprint density at radius 3 is 2.90 bits per heavy atom. The van der Waals surface area contributed by atoms with Crippen molar-refractivity contribution in [3.05, 3.63) is 21.6 Å². The van der Waals surface area contributed by atoms with Crippen LogP contribution in [0.5, 0.6) is 5.75 Å². The predicted octanol–water partition coefficient (Wildman–Crippen LogP) is 2.39. The summed E-state index contributed by atoms with van der Waals surface area (Å²) in [6.45, 7) is 2.27. The maximum Gasteiger partial charge on any atom is 0.241 e. The molecule has 118 valence electrons. The van der Waals surface area contributed by atoms with E-state index in [4.69, 9.17) is 16.3 Å². The highest BCUT2D eigenvalue weighted by molar-refractivity contribution is 9.10. The molecule has 0 spiro atoms. The summed E-state index contributed by atoms with van der Waals surface area (Å²) in [4.78, 5) is 0.122. The Morgan fingerprint density at radius 2 is 2.29 bits per heavy atom. The van der Waals surface area contributed by atoms with E-state index in [9.17, 15) is 8.42 Å². The van der Waals surface area contributed by atoms with Crippen LogP contribution in [0.3, 0.4) is 0 Å². The standard InChI is InChI=1S/C13H18BrClN2O3S/c1-20-12-5-10(14)13(6-11(12)15)21(18,19)17-8-9-3-2-4-16-7-9/h5-6,9,16-17H,2-4,7-8H2,1H3. The van der Waals surface area contributed by atoms with E-state index in [2.05, 4.69) is 26.0 Å². The number of methoxy groups -OCH3 is 1. The number of sulfonamides is 1. The number of hydrogen-bond acceptors (Lipinski definition) is 4. The van der Waals surface area contributed by atoms with Crippen molar-refractivity contribution in [3.63, 3.8) is 0 Å². The molecule has 1 aromatic carbocycles. The Kier molecular flexibility index (Phi) is 5.90. The number of piperidine rings is 1. The molecule has 5 nitrogen and oxygen atoms in total. The molecule has 8 heteroatoms. The SMILES string of the molecule is COc1cc(Br)c(S(=O)(=O)NCC2CCCNC2)cc1Cl. The minimum Gasteiger partial charge on any atom is -0.495 e. The molecule has 1 saturated heterocycles. The molecule has 0 bridgehead atoms. The molecule has 1 heterocycles. The van der Waals surface area contributed by atoms with Crippen LogP contribution >= 0.6 is 27.5 Å². The van der Waals surface area contributed by atoms with Gasteiger partial charge in [0.05, 0.1) is 17.0 Å². The van der Waals surface area contributed by atoms with Crippen LogP contribution in [0, 0.1) is 5.92 Å². The lowest BCUT2D eigenvalue weighted by molar-refractivity contribution is 0.376. The Labute approximate surface area is 138 Å². The van der Waals surface area contributed by atoms with Crippen molar-refractivity contribution < 1.29 is 13.2 Å². The summed E-state index contributed by atoms with van der Waals surface area (Å²) >= 11 is 9.26. The molecule has 0 radical (unpaired) electrons. The molecule has 1 fully saturated rings. The smallest absolute Gasteiger partial charge is 0.241 e. The van der Waals surface area contributed by atoms with E-state index in [0.717, 1.165) is 25.9 Å². The fourth-order valence-corrected chi connectivity index (χ4v) is 4.74. The number of rotatable bonds is 5. The average molecular weight is 398 g/mol. The van der Waals surface area contributed by atoms with Crippen molar-refractivity contribution in [1.82, 2.24) is 10.0 Å². The van der Waals surface area contributed by atoms with Crippen molar-refractivity contribution in [1.29, 1.82) is 0 Å². The third-order valence-electron chi connectivity index (χ3n) is 3.46. The van der Waals surface area contributed by atoms with Crippen LogP contribution in [0.4, 0.5) is 0 Å². The van der Waals surface area contributed by atoms with Gasteiger partial charge in [-0.15, -0.1) is 0 Å². The minimum atomic E-state index is -3.60. The molecule has 1 aliphatic rings. The zero-order chi connectivity index (χ0) is 15.5. The summed E-state index contributed by atoms with van der Waals surface area (Å²) in [6, 6.07) is 2.95. The maximum absolute atomic E-state index is 12.4. The average Bonchev–Trinajstić information content (AvgIpc) is 2.48. The number of hydrogen-bond donors (Lipinski definition) is 2. The fourth-order valence-electron chi connectivity index (χ4n) is 2.28. The van der Waals surface area contributed by atoms with Crippen LogP contribution in [0.1, 0.15) is 12.8 Å². The number of benzene rings is 1. The van der Waals surface area contributed by atoms with Crippen LogP contribution < -0.4 is 14.8 Å². The van der Waals surface area contributed by atoms with Crippen LogP contribution in [-0.2, 0) is 10.0 Å². The molecule has 2 rings (SSSR count). The Bertz CT molecular complexity index is 604. The van der Waals surface area contributed by atoms with Crippen LogP contribution in [0.2, 0.25) is 5.02 Å². The maximum atomic E-state index is 12.4. The van der Waals surface area contributed by atoms with Gasteiger partial charge in [0.25, 0.3) is 0 Å². The van der Waals surface area contributed by atoms with Gasteiger partial charge < -0.3 is 10.1 Å². The van der Waals surface area contributed by atoms with Crippen LogP contribution in [-0.4, -0.2) is 35.2 Å². The summed E-state index contributed by atoms with van der Waals surface area (Å²) in [5.41, 5.74) is 0. The molecule has 0 amide bonds. The van der Waals surface area contributed by atoms with Gasteiger partial charge in [0.15, 0.2) is 0 Å². The van der Waals surface area contributed by atoms with E-state index in [1.54, 1.807) is 6.07 Å². The van der Waals surface area contributed by atoms with Gasteiger partial charge >= 0.3 is 0 Å². The van der Waals surface area contributed by atoms with Gasteiger partial charge in [0.2, 0.25) is 10.0 Å². The monoisotopic (exact) mass is 396 g/mol. The Morgan fingerprint density at radius 1 is 1.52 bits per heavy atom. The highest BCUT2D eigenvalue weighted by Gasteiger charge is 2.22. The van der Waals surface area contributed by atoms with Gasteiger partial charge in [-0.1, -0.05) is 11.6 Å². The third kappa shape index (κ3) is 4.32. The van der Waals surface area contributed by atoms with E-state index < -0.39 is 10.0 Å². The van der Waals surface area contributed by atoms with Crippen molar-refractivity contribution in [2.45, 2.75) is 17.7 Å². The Hall–Kier alpha value is -0.340. The molecule has 2 N–H and O–H groups in total. The topological polar surface area (TPSA) is 67.4 Å². The van der Waals surface area contributed by atoms with Crippen molar-refractivity contribution >= 4 is 37.6 Å². The summed E-state index contributed by atoms with van der Waals surface area (Å²) in [6.07, 6.45) is 2.10. The van der Waals surface area contributed by atoms with Crippen LogP contribution in [0.15, 0.2) is 21.5 Å². The quantitative estimate of drug-likeness (QED) is 0.800. The fraction of sp³-hybridized carbons (Fsp3) is 0.538. The van der Waals surface area contributed by atoms with E-state index in [1.165, 1.54) is 13.2 Å². The van der Waals surface area contributed by atoms with Crippen molar-refractivity contribution in [3.8, 4) is 5.75 Å². The van der Waals surface area contributed by atoms with Crippen LogP contribution in [0.25, 0.3) is 0 Å². The second-order valence-corrected chi connectivity index (χ2v) is 7.98. The molecule has 0 aromatic heterocycles. The van der Waals surface area contributed by atoms with E-state index in [0.29, 0.717) is 22.7 Å². The van der Waals surface area contributed by atoms with Crippen molar-refractivity contribution in [2.24, 2.45) is 5.92 Å². The summed E-state index contributed by atoms with van der Waals surface area (Å²) in [5.74, 6) is 0.750. The first-order valence-electron chi connectivity index (χ1n) is 6.67. The van der Waals surface area contributed by atoms with E-state index in [-0.39, 0.29) is 9.92 Å². The largest absolute Gasteiger partial charge is 0.495 e. The summed E-state index contributed by atoms with van der Waals surface area (Å²) in [5, 5.41) is 3.53.